The van der Waals surface area contributed by atoms with Crippen LogP contribution in [0.5, 0.6) is 0 Å². The van der Waals surface area contributed by atoms with E-state index in [9.17, 15) is 8.42 Å². The number of nitrogens with zero attached hydrogens (tertiary/aromatic N) is 1. The molecule has 2 aliphatic heterocycles. The van der Waals surface area contributed by atoms with Crippen LogP contribution >= 0.6 is 0 Å². The second kappa shape index (κ2) is 2.00. The van der Waals surface area contributed by atoms with E-state index in [2.05, 4.69) is 13.8 Å². The molecule has 0 amide bonds. The van der Waals surface area contributed by atoms with Gasteiger partial charge < -0.3 is 0 Å². The molecule has 2 bridgehead atoms. The molecule has 0 radical (unpaired) electrons. The summed E-state index contributed by atoms with van der Waals surface area (Å²) in [6.45, 7) is 4.46. The molecule has 5 atom stereocenters. The molecule has 2 saturated heterocycles. The smallest absolute Gasteiger partial charge is 0.239 e. The lowest BCUT2D eigenvalue weighted by molar-refractivity contribution is -0.128. The van der Waals surface area contributed by atoms with Crippen LogP contribution in [0.3, 0.4) is 0 Å². The Balaban J connectivity index is 1.87. The third-order valence-electron chi connectivity index (χ3n) is 5.58. The first kappa shape index (κ1) is 8.96. The van der Waals surface area contributed by atoms with Crippen LogP contribution in [0.15, 0.2) is 0 Å². The monoisotopic (exact) mass is 229 g/mol. The van der Waals surface area contributed by atoms with Crippen molar-refractivity contribution in [3.63, 3.8) is 0 Å². The van der Waals surface area contributed by atoms with Crippen molar-refractivity contribution in [1.82, 2.24) is 4.47 Å². The topological polar surface area (TPSA) is 49.7 Å². The Labute approximate surface area is 89.6 Å². The lowest BCUT2D eigenvalue weighted by Crippen LogP contribution is -2.64. The van der Waals surface area contributed by atoms with Gasteiger partial charge in [-0.2, -0.15) is 0 Å². The van der Waals surface area contributed by atoms with Gasteiger partial charge in [0.05, 0.1) is 5.75 Å². The predicted molar refractivity (Wildman–Crippen MR) is 52.9 cm³/mol. The van der Waals surface area contributed by atoms with Crippen LogP contribution in [-0.2, 0) is 14.9 Å². The molecule has 5 fully saturated rings. The summed E-state index contributed by atoms with van der Waals surface area (Å²) in [4.78, 5) is 5.24. The molecule has 15 heavy (non-hydrogen) atoms. The maximum atomic E-state index is 11.9. The number of sulfonamides is 1. The highest BCUT2D eigenvalue weighted by Gasteiger charge is 2.81. The lowest BCUT2D eigenvalue weighted by Gasteiger charge is -2.61. The normalized spacial score (nSPS) is 61.5. The Hall–Kier alpha value is -0.130. The van der Waals surface area contributed by atoms with Gasteiger partial charge in [-0.1, -0.05) is 13.8 Å². The first-order valence-corrected chi connectivity index (χ1v) is 7.20. The maximum absolute atomic E-state index is 11.9. The van der Waals surface area contributed by atoms with Gasteiger partial charge in [-0.15, -0.1) is 0 Å². The van der Waals surface area contributed by atoms with Crippen molar-refractivity contribution in [3.05, 3.63) is 0 Å². The minimum atomic E-state index is -3.12. The first-order chi connectivity index (χ1) is 6.90. The van der Waals surface area contributed by atoms with Gasteiger partial charge in [-0.05, 0) is 34.1 Å². The molecule has 84 valence electrons. The largest absolute Gasteiger partial charge is 0.259 e. The highest BCUT2D eigenvalue weighted by Crippen LogP contribution is 2.78. The summed E-state index contributed by atoms with van der Waals surface area (Å²) in [5.41, 5.74) is 0.219. The van der Waals surface area contributed by atoms with Gasteiger partial charge in [0, 0.05) is 5.92 Å². The van der Waals surface area contributed by atoms with Crippen molar-refractivity contribution < 1.29 is 13.3 Å². The van der Waals surface area contributed by atoms with Gasteiger partial charge in [-0.25, -0.2) is 8.42 Å². The van der Waals surface area contributed by atoms with Gasteiger partial charge >= 0.3 is 0 Å². The van der Waals surface area contributed by atoms with Crippen LogP contribution in [0.1, 0.15) is 26.7 Å². The number of hydroxylamine groups is 1. The number of rotatable bonds is 0. The molecule has 5 aliphatic rings. The minimum absolute atomic E-state index is 0.0220. The van der Waals surface area contributed by atoms with E-state index in [1.165, 1.54) is 10.9 Å². The third kappa shape index (κ3) is 0.699. The Morgan fingerprint density at radius 2 is 2.13 bits per heavy atom. The van der Waals surface area contributed by atoms with E-state index < -0.39 is 10.0 Å². The molecule has 1 spiro atoms. The molecular weight excluding hydrogens is 214 g/mol. The van der Waals surface area contributed by atoms with Gasteiger partial charge in [0.15, 0.2) is 6.23 Å². The van der Waals surface area contributed by atoms with Crippen LogP contribution < -0.4 is 0 Å². The molecule has 0 aromatic rings. The van der Waals surface area contributed by atoms with Crippen LogP contribution in [0, 0.1) is 22.7 Å². The highest BCUT2D eigenvalue weighted by atomic mass is 32.2. The van der Waals surface area contributed by atoms with Crippen LogP contribution in [0.25, 0.3) is 0 Å². The summed E-state index contributed by atoms with van der Waals surface area (Å²) in [6, 6.07) is 0. The van der Waals surface area contributed by atoms with Crippen molar-refractivity contribution >= 4 is 10.0 Å². The standard InChI is InChI=1S/C10H15NO3S/c1-9(2)6-3-4-10(9)5-15(12,13)11-8(14-11)7(6)10/h6-8H,3-5H2,1-2H3. The fourth-order valence-corrected chi connectivity index (χ4v) is 6.85. The van der Waals surface area contributed by atoms with E-state index in [1.807, 2.05) is 0 Å². The zero-order chi connectivity index (χ0) is 10.6. The van der Waals surface area contributed by atoms with Gasteiger partial charge in [0.2, 0.25) is 10.0 Å². The third-order valence-corrected chi connectivity index (χ3v) is 7.30. The number of fused-ring (bicyclic) bond motifs is 2. The fraction of sp³-hybridized carbons (Fsp3) is 1.00. The summed E-state index contributed by atoms with van der Waals surface area (Å²) in [5.74, 6) is 1.46. The van der Waals surface area contributed by atoms with Crippen LogP contribution in [-0.4, -0.2) is 24.9 Å². The zero-order valence-corrected chi connectivity index (χ0v) is 9.75. The van der Waals surface area contributed by atoms with Gasteiger partial charge in [0.1, 0.15) is 0 Å². The van der Waals surface area contributed by atoms with Crippen molar-refractivity contribution in [1.29, 1.82) is 0 Å². The Morgan fingerprint density at radius 3 is 2.80 bits per heavy atom. The Morgan fingerprint density at radius 1 is 1.40 bits per heavy atom. The first-order valence-electron chi connectivity index (χ1n) is 5.59. The molecule has 2 heterocycles. The van der Waals surface area contributed by atoms with E-state index in [-0.39, 0.29) is 17.1 Å². The molecule has 5 rings (SSSR count). The molecule has 5 unspecified atom stereocenters. The summed E-state index contributed by atoms with van der Waals surface area (Å²) in [7, 11) is -3.12. The molecule has 5 heteroatoms. The molecule has 0 aromatic carbocycles. The molecule has 0 aromatic heterocycles. The summed E-state index contributed by atoms with van der Waals surface area (Å²) in [5, 5.41) is 0. The quantitative estimate of drug-likeness (QED) is 0.581. The fourth-order valence-electron chi connectivity index (χ4n) is 4.69. The lowest BCUT2D eigenvalue weighted by atomic mass is 9.45. The summed E-state index contributed by atoms with van der Waals surface area (Å²) in [6.07, 6.45) is 2.15. The number of hydrogen-bond acceptors (Lipinski definition) is 3. The van der Waals surface area contributed by atoms with E-state index in [4.69, 9.17) is 4.84 Å². The van der Waals surface area contributed by atoms with E-state index in [0.717, 1.165) is 6.42 Å². The maximum Gasteiger partial charge on any atom is 0.239 e. The van der Waals surface area contributed by atoms with Crippen molar-refractivity contribution in [2.75, 3.05) is 5.75 Å². The Kier molecular flexibility index (Phi) is 1.20. The summed E-state index contributed by atoms with van der Waals surface area (Å²) < 4.78 is 25.0. The zero-order valence-electron chi connectivity index (χ0n) is 8.93. The number of hydrogen-bond donors (Lipinski definition) is 0. The van der Waals surface area contributed by atoms with Crippen LogP contribution in [0.4, 0.5) is 0 Å². The molecule has 3 saturated carbocycles. The second-order valence-corrected chi connectivity index (χ2v) is 7.87. The molecule has 3 aliphatic carbocycles. The van der Waals surface area contributed by atoms with Crippen molar-refractivity contribution in [3.8, 4) is 0 Å². The van der Waals surface area contributed by atoms with E-state index in [1.54, 1.807) is 0 Å². The van der Waals surface area contributed by atoms with Crippen molar-refractivity contribution in [2.24, 2.45) is 22.7 Å². The molecule has 0 N–H and O–H groups in total. The second-order valence-electron chi connectivity index (χ2n) is 6.06. The van der Waals surface area contributed by atoms with E-state index in [0.29, 0.717) is 17.6 Å². The predicted octanol–water partition coefficient (Wildman–Crippen LogP) is 0.956. The SMILES string of the molecule is CC1(C)C2CCC13CS(=O)(=O)N1OC1C23. The van der Waals surface area contributed by atoms with E-state index >= 15 is 0 Å². The van der Waals surface area contributed by atoms with Crippen LogP contribution in [0.2, 0.25) is 0 Å². The van der Waals surface area contributed by atoms with Crippen molar-refractivity contribution in [2.45, 2.75) is 32.9 Å². The average molecular weight is 229 g/mol. The molecular formula is C10H15NO3S. The molecule has 4 nitrogen and oxygen atoms in total. The summed E-state index contributed by atoms with van der Waals surface area (Å²) >= 11 is 0. The van der Waals surface area contributed by atoms with Gasteiger partial charge in [0.25, 0.3) is 0 Å². The minimum Gasteiger partial charge on any atom is -0.259 e. The average Bonchev–Trinajstić information content (AvgIpc) is 2.77. The highest BCUT2D eigenvalue weighted by molar-refractivity contribution is 7.89. The Bertz CT molecular complexity index is 457. The van der Waals surface area contributed by atoms with Gasteiger partial charge in [-0.3, -0.25) is 4.84 Å².